The van der Waals surface area contributed by atoms with Crippen LogP contribution >= 0.6 is 11.6 Å². The van der Waals surface area contributed by atoms with Gasteiger partial charge in [-0.1, -0.05) is 23.7 Å². The van der Waals surface area contributed by atoms with Gasteiger partial charge in [0.1, 0.15) is 5.69 Å². The molecule has 0 aliphatic carbocycles. The summed E-state index contributed by atoms with van der Waals surface area (Å²) in [5.74, 6) is -0.217. The number of benzene rings is 2. The lowest BCUT2D eigenvalue weighted by Crippen LogP contribution is -2.12. The van der Waals surface area contributed by atoms with Crippen molar-refractivity contribution in [3.05, 3.63) is 59.4 Å². The molecule has 1 amide bonds. The van der Waals surface area contributed by atoms with E-state index in [2.05, 4.69) is 20.5 Å². The van der Waals surface area contributed by atoms with Crippen molar-refractivity contribution in [2.24, 2.45) is 0 Å². The molecule has 5 nitrogen and oxygen atoms in total. The number of nitrogens with one attached hydrogen (secondary N) is 3. The van der Waals surface area contributed by atoms with Gasteiger partial charge in [-0.25, -0.2) is 0 Å². The number of H-pyrrole nitrogens is 2. The van der Waals surface area contributed by atoms with E-state index in [9.17, 15) is 4.79 Å². The summed E-state index contributed by atoms with van der Waals surface area (Å²) in [5, 5.41) is 12.2. The van der Waals surface area contributed by atoms with Crippen LogP contribution in [0.4, 0.5) is 5.69 Å². The Hall–Kier alpha value is -2.79. The molecule has 0 saturated carbocycles. The fraction of sp³-hybridized carbons (Fsp3) is 0. The predicted molar refractivity (Wildman–Crippen MR) is 87.4 cm³/mol. The summed E-state index contributed by atoms with van der Waals surface area (Å²) < 4.78 is 0. The Bertz CT molecular complexity index is 1000. The first-order valence-electron chi connectivity index (χ1n) is 6.72. The Morgan fingerprint density at radius 3 is 2.91 bits per heavy atom. The zero-order valence-corrected chi connectivity index (χ0v) is 12.1. The van der Waals surface area contributed by atoms with Crippen molar-refractivity contribution < 1.29 is 4.79 Å². The minimum Gasteiger partial charge on any atom is -0.349 e. The lowest BCUT2D eigenvalue weighted by Gasteiger charge is -2.03. The van der Waals surface area contributed by atoms with Crippen LogP contribution in [0.3, 0.4) is 0 Å². The smallest absolute Gasteiger partial charge is 0.272 e. The van der Waals surface area contributed by atoms with Gasteiger partial charge in [-0.05, 0) is 30.3 Å². The summed E-state index contributed by atoms with van der Waals surface area (Å²) in [6.45, 7) is 0. The number of halogens is 1. The van der Waals surface area contributed by atoms with E-state index in [1.54, 1.807) is 18.3 Å². The van der Waals surface area contributed by atoms with Gasteiger partial charge in [0.2, 0.25) is 0 Å². The van der Waals surface area contributed by atoms with E-state index in [1.807, 2.05) is 30.3 Å². The Balaban J connectivity index is 1.66. The third-order valence-corrected chi connectivity index (χ3v) is 3.86. The summed E-state index contributed by atoms with van der Waals surface area (Å²) in [5.41, 5.74) is 2.80. The molecule has 4 rings (SSSR count). The molecule has 0 bridgehead atoms. The summed E-state index contributed by atoms with van der Waals surface area (Å²) in [4.78, 5) is 15.4. The molecule has 3 N–H and O–H groups in total. The number of hydrogen-bond acceptors (Lipinski definition) is 2. The number of aromatic amines is 2. The monoisotopic (exact) mass is 310 g/mol. The molecule has 4 aromatic rings. The molecular weight excluding hydrogens is 300 g/mol. The van der Waals surface area contributed by atoms with Crippen LogP contribution in [0.1, 0.15) is 10.5 Å². The third-order valence-electron chi connectivity index (χ3n) is 3.55. The van der Waals surface area contributed by atoms with E-state index in [4.69, 9.17) is 11.6 Å². The number of para-hydroxylation sites is 1. The molecule has 2 aromatic carbocycles. The highest BCUT2D eigenvalue weighted by Crippen LogP contribution is 2.24. The number of carbonyl (C=O) groups is 1. The number of aromatic nitrogens is 3. The van der Waals surface area contributed by atoms with Crippen LogP contribution in [-0.4, -0.2) is 21.1 Å². The molecule has 0 aliphatic heterocycles. The molecule has 0 aliphatic rings. The van der Waals surface area contributed by atoms with E-state index in [0.717, 1.165) is 21.8 Å². The van der Waals surface area contributed by atoms with Gasteiger partial charge >= 0.3 is 0 Å². The first-order valence-corrected chi connectivity index (χ1v) is 7.10. The Labute approximate surface area is 130 Å². The number of carbonyl (C=O) groups excluding carboxylic acids is 1. The fourth-order valence-corrected chi connectivity index (χ4v) is 2.68. The molecule has 0 spiro atoms. The SMILES string of the molecule is O=C(Nc1ccc2cn[nH]c2c1)c1cc2cccc(Cl)c2[nH]1. The lowest BCUT2D eigenvalue weighted by atomic mass is 10.2. The van der Waals surface area contributed by atoms with Gasteiger partial charge in [0, 0.05) is 16.5 Å². The minimum atomic E-state index is -0.217. The van der Waals surface area contributed by atoms with Crippen molar-refractivity contribution in [1.82, 2.24) is 15.2 Å². The Kier molecular flexibility index (Phi) is 2.87. The fourth-order valence-electron chi connectivity index (χ4n) is 2.45. The number of nitrogens with zero attached hydrogens (tertiary/aromatic N) is 1. The van der Waals surface area contributed by atoms with Gasteiger partial charge < -0.3 is 10.3 Å². The summed E-state index contributed by atoms with van der Waals surface area (Å²) >= 11 is 6.11. The Morgan fingerprint density at radius 1 is 1.14 bits per heavy atom. The van der Waals surface area contributed by atoms with Crippen molar-refractivity contribution >= 4 is 45.0 Å². The van der Waals surface area contributed by atoms with Crippen LogP contribution in [0.5, 0.6) is 0 Å². The van der Waals surface area contributed by atoms with Gasteiger partial charge in [-0.15, -0.1) is 0 Å². The van der Waals surface area contributed by atoms with E-state index >= 15 is 0 Å². The van der Waals surface area contributed by atoms with Crippen LogP contribution in [0.2, 0.25) is 5.02 Å². The van der Waals surface area contributed by atoms with Gasteiger partial charge in [0.15, 0.2) is 0 Å². The maximum atomic E-state index is 12.4. The summed E-state index contributed by atoms with van der Waals surface area (Å²) in [6.07, 6.45) is 1.74. The van der Waals surface area contributed by atoms with Crippen LogP contribution in [-0.2, 0) is 0 Å². The van der Waals surface area contributed by atoms with Crippen LogP contribution in [0.15, 0.2) is 48.7 Å². The highest BCUT2D eigenvalue weighted by atomic mass is 35.5. The first kappa shape index (κ1) is 12.9. The van der Waals surface area contributed by atoms with E-state index in [1.165, 1.54) is 0 Å². The van der Waals surface area contributed by atoms with Crippen molar-refractivity contribution in [2.45, 2.75) is 0 Å². The topological polar surface area (TPSA) is 73.6 Å². The quantitative estimate of drug-likeness (QED) is 0.524. The van der Waals surface area contributed by atoms with Crippen LogP contribution in [0.25, 0.3) is 21.8 Å². The van der Waals surface area contributed by atoms with Gasteiger partial charge in [-0.3, -0.25) is 9.89 Å². The maximum absolute atomic E-state index is 12.4. The van der Waals surface area contributed by atoms with Crippen LogP contribution in [0, 0.1) is 0 Å². The largest absolute Gasteiger partial charge is 0.349 e. The zero-order valence-electron chi connectivity index (χ0n) is 11.4. The molecule has 2 aromatic heterocycles. The molecule has 0 fully saturated rings. The number of fused-ring (bicyclic) bond motifs is 2. The maximum Gasteiger partial charge on any atom is 0.272 e. The third kappa shape index (κ3) is 2.12. The van der Waals surface area contributed by atoms with Gasteiger partial charge in [0.05, 0.1) is 22.3 Å². The number of rotatable bonds is 2. The summed E-state index contributed by atoms with van der Waals surface area (Å²) in [7, 11) is 0. The molecule has 0 radical (unpaired) electrons. The van der Waals surface area contributed by atoms with E-state index in [0.29, 0.717) is 16.4 Å². The second-order valence-corrected chi connectivity index (χ2v) is 5.42. The number of hydrogen-bond donors (Lipinski definition) is 3. The molecular formula is C16H11ClN4O. The highest BCUT2D eigenvalue weighted by molar-refractivity contribution is 6.35. The average Bonchev–Trinajstić information content (AvgIpc) is 3.13. The number of anilines is 1. The van der Waals surface area contributed by atoms with Crippen molar-refractivity contribution in [3.63, 3.8) is 0 Å². The zero-order chi connectivity index (χ0) is 15.1. The predicted octanol–water partition coefficient (Wildman–Crippen LogP) is 3.95. The molecule has 2 heterocycles. The van der Waals surface area contributed by atoms with E-state index in [-0.39, 0.29) is 5.91 Å². The van der Waals surface area contributed by atoms with Crippen molar-refractivity contribution in [3.8, 4) is 0 Å². The second kappa shape index (κ2) is 4.89. The molecule has 0 atom stereocenters. The van der Waals surface area contributed by atoms with Crippen molar-refractivity contribution in [2.75, 3.05) is 5.32 Å². The summed E-state index contributed by atoms with van der Waals surface area (Å²) in [6, 6.07) is 12.9. The average molecular weight is 311 g/mol. The lowest BCUT2D eigenvalue weighted by molar-refractivity contribution is 0.102. The van der Waals surface area contributed by atoms with Crippen LogP contribution < -0.4 is 5.32 Å². The van der Waals surface area contributed by atoms with E-state index < -0.39 is 0 Å². The minimum absolute atomic E-state index is 0.217. The van der Waals surface area contributed by atoms with Gasteiger partial charge in [0.25, 0.3) is 5.91 Å². The molecule has 0 saturated heterocycles. The Morgan fingerprint density at radius 2 is 2.05 bits per heavy atom. The number of amides is 1. The van der Waals surface area contributed by atoms with Crippen molar-refractivity contribution in [1.29, 1.82) is 0 Å². The normalized spacial score (nSPS) is 11.1. The molecule has 6 heteroatoms. The molecule has 22 heavy (non-hydrogen) atoms. The highest BCUT2D eigenvalue weighted by Gasteiger charge is 2.11. The first-order chi connectivity index (χ1) is 10.7. The van der Waals surface area contributed by atoms with Gasteiger partial charge in [-0.2, -0.15) is 5.10 Å². The molecule has 108 valence electrons. The molecule has 0 unspecified atom stereocenters. The standard InChI is InChI=1S/C16H11ClN4O/c17-12-3-1-2-9-6-14(20-15(9)12)16(22)19-11-5-4-10-8-18-21-13(10)7-11/h1-8,20H,(H,18,21)(H,19,22). The second-order valence-electron chi connectivity index (χ2n) is 5.01.